The van der Waals surface area contributed by atoms with Gasteiger partial charge in [-0.25, -0.2) is 0 Å². The van der Waals surface area contributed by atoms with Crippen molar-refractivity contribution in [2.24, 2.45) is 5.73 Å². The van der Waals surface area contributed by atoms with Gasteiger partial charge in [0.2, 0.25) is 0 Å². The van der Waals surface area contributed by atoms with E-state index >= 15 is 0 Å². The van der Waals surface area contributed by atoms with Crippen LogP contribution in [-0.2, 0) is 0 Å². The SMILES string of the molecule is NC(=O)c1ncccc1-c1cccc(-c2nncn2C2CC2)c1. The normalized spacial score (nSPS) is 13.9. The molecule has 1 saturated carbocycles. The van der Waals surface area contributed by atoms with Gasteiger partial charge in [0.1, 0.15) is 12.0 Å². The topological polar surface area (TPSA) is 86.7 Å². The van der Waals surface area contributed by atoms with Gasteiger partial charge in [-0.15, -0.1) is 10.2 Å². The minimum absolute atomic E-state index is 0.272. The van der Waals surface area contributed by atoms with Gasteiger partial charge in [0, 0.05) is 23.4 Å². The van der Waals surface area contributed by atoms with Crippen molar-refractivity contribution < 1.29 is 4.79 Å². The fraction of sp³-hybridized carbons (Fsp3) is 0.176. The second-order valence-electron chi connectivity index (χ2n) is 5.64. The van der Waals surface area contributed by atoms with Gasteiger partial charge < -0.3 is 10.3 Å². The smallest absolute Gasteiger partial charge is 0.267 e. The summed E-state index contributed by atoms with van der Waals surface area (Å²) in [5.74, 6) is 0.311. The molecule has 114 valence electrons. The molecular weight excluding hydrogens is 290 g/mol. The van der Waals surface area contributed by atoms with Crippen molar-refractivity contribution in [3.63, 3.8) is 0 Å². The Kier molecular flexibility index (Phi) is 3.15. The number of hydrogen-bond donors (Lipinski definition) is 1. The number of rotatable bonds is 4. The maximum absolute atomic E-state index is 11.6. The Labute approximate surface area is 133 Å². The summed E-state index contributed by atoms with van der Waals surface area (Å²) < 4.78 is 2.11. The molecule has 0 saturated heterocycles. The van der Waals surface area contributed by atoms with E-state index in [1.54, 1.807) is 18.6 Å². The molecule has 0 aliphatic heterocycles. The van der Waals surface area contributed by atoms with Crippen molar-refractivity contribution in [2.45, 2.75) is 18.9 Å². The number of amides is 1. The highest BCUT2D eigenvalue weighted by atomic mass is 16.1. The molecule has 23 heavy (non-hydrogen) atoms. The van der Waals surface area contributed by atoms with Gasteiger partial charge in [0.15, 0.2) is 5.82 Å². The van der Waals surface area contributed by atoms with E-state index in [0.717, 1.165) is 22.5 Å². The number of carbonyl (C=O) groups is 1. The molecule has 0 bridgehead atoms. The summed E-state index contributed by atoms with van der Waals surface area (Å²) in [4.78, 5) is 15.7. The van der Waals surface area contributed by atoms with Crippen LogP contribution in [0.2, 0.25) is 0 Å². The van der Waals surface area contributed by atoms with Crippen LogP contribution in [0.5, 0.6) is 0 Å². The second-order valence-corrected chi connectivity index (χ2v) is 5.64. The molecule has 1 aromatic carbocycles. The largest absolute Gasteiger partial charge is 0.364 e. The van der Waals surface area contributed by atoms with E-state index in [1.165, 1.54) is 12.8 Å². The number of hydrogen-bond acceptors (Lipinski definition) is 4. The number of pyridine rings is 1. The molecule has 2 N–H and O–H groups in total. The molecule has 6 heteroatoms. The van der Waals surface area contributed by atoms with Gasteiger partial charge in [0.25, 0.3) is 5.91 Å². The van der Waals surface area contributed by atoms with Crippen molar-refractivity contribution in [1.29, 1.82) is 0 Å². The molecule has 1 aliphatic carbocycles. The van der Waals surface area contributed by atoms with Crippen LogP contribution in [-0.4, -0.2) is 25.7 Å². The van der Waals surface area contributed by atoms with E-state index in [2.05, 4.69) is 19.7 Å². The van der Waals surface area contributed by atoms with E-state index in [-0.39, 0.29) is 5.69 Å². The zero-order chi connectivity index (χ0) is 15.8. The van der Waals surface area contributed by atoms with Crippen molar-refractivity contribution in [3.05, 3.63) is 54.6 Å². The Bertz CT molecular complexity index is 882. The Balaban J connectivity index is 1.81. The molecule has 1 amide bonds. The predicted octanol–water partition coefficient (Wildman–Crippen LogP) is 2.44. The highest BCUT2D eigenvalue weighted by Crippen LogP contribution is 2.38. The molecule has 0 unspecified atom stereocenters. The van der Waals surface area contributed by atoms with Crippen LogP contribution in [0.25, 0.3) is 22.5 Å². The first kappa shape index (κ1) is 13.6. The standard InChI is InChI=1S/C17H15N5O/c18-16(23)15-14(5-2-8-19-15)11-3-1-4-12(9-11)17-21-20-10-22(17)13-6-7-13/h1-5,8-10,13H,6-7H2,(H2,18,23). The second kappa shape index (κ2) is 5.31. The van der Waals surface area contributed by atoms with Crippen LogP contribution < -0.4 is 5.73 Å². The van der Waals surface area contributed by atoms with Gasteiger partial charge >= 0.3 is 0 Å². The zero-order valence-corrected chi connectivity index (χ0v) is 12.4. The summed E-state index contributed by atoms with van der Waals surface area (Å²) in [6.45, 7) is 0. The first-order valence-corrected chi connectivity index (χ1v) is 7.49. The van der Waals surface area contributed by atoms with Gasteiger partial charge in [-0.05, 0) is 30.5 Å². The van der Waals surface area contributed by atoms with Crippen molar-refractivity contribution in [1.82, 2.24) is 19.7 Å². The lowest BCUT2D eigenvalue weighted by Crippen LogP contribution is -2.14. The first-order valence-electron chi connectivity index (χ1n) is 7.49. The lowest BCUT2D eigenvalue weighted by molar-refractivity contribution is 0.0996. The quantitative estimate of drug-likeness (QED) is 0.802. The van der Waals surface area contributed by atoms with Gasteiger partial charge in [-0.2, -0.15) is 0 Å². The van der Waals surface area contributed by atoms with Crippen molar-refractivity contribution in [2.75, 3.05) is 0 Å². The number of aromatic nitrogens is 4. The van der Waals surface area contributed by atoms with Crippen LogP contribution in [0.15, 0.2) is 48.9 Å². The van der Waals surface area contributed by atoms with Gasteiger partial charge in [-0.1, -0.05) is 24.3 Å². The number of carbonyl (C=O) groups excluding carboxylic acids is 1. The Morgan fingerprint density at radius 2 is 2.00 bits per heavy atom. The zero-order valence-electron chi connectivity index (χ0n) is 12.4. The summed E-state index contributed by atoms with van der Waals surface area (Å²) in [5, 5.41) is 8.28. The molecule has 0 atom stereocenters. The fourth-order valence-corrected chi connectivity index (χ4v) is 2.73. The fourth-order valence-electron chi connectivity index (χ4n) is 2.73. The van der Waals surface area contributed by atoms with Crippen LogP contribution in [0.1, 0.15) is 29.4 Å². The summed E-state index contributed by atoms with van der Waals surface area (Å²) in [6, 6.07) is 12.0. The van der Waals surface area contributed by atoms with Crippen LogP contribution >= 0.6 is 0 Å². The minimum Gasteiger partial charge on any atom is -0.364 e. The number of benzene rings is 1. The number of primary amides is 1. The van der Waals surface area contributed by atoms with Crippen molar-refractivity contribution in [3.8, 4) is 22.5 Å². The summed E-state index contributed by atoms with van der Waals surface area (Å²) in [7, 11) is 0. The van der Waals surface area contributed by atoms with Crippen LogP contribution in [0.4, 0.5) is 0 Å². The minimum atomic E-state index is -0.535. The Morgan fingerprint density at radius 1 is 1.17 bits per heavy atom. The van der Waals surface area contributed by atoms with Gasteiger partial charge in [-0.3, -0.25) is 9.78 Å². The third kappa shape index (κ3) is 2.48. The van der Waals surface area contributed by atoms with Gasteiger partial charge in [0.05, 0.1) is 0 Å². The summed E-state index contributed by atoms with van der Waals surface area (Å²) >= 11 is 0. The molecule has 6 nitrogen and oxygen atoms in total. The van der Waals surface area contributed by atoms with Crippen molar-refractivity contribution >= 4 is 5.91 Å². The third-order valence-corrected chi connectivity index (χ3v) is 3.99. The molecule has 2 heterocycles. The molecule has 3 aromatic rings. The first-order chi connectivity index (χ1) is 11.2. The van der Waals surface area contributed by atoms with Crippen LogP contribution in [0, 0.1) is 0 Å². The van der Waals surface area contributed by atoms with Crippen LogP contribution in [0.3, 0.4) is 0 Å². The molecule has 1 aliphatic rings. The maximum atomic E-state index is 11.6. The predicted molar refractivity (Wildman–Crippen MR) is 85.5 cm³/mol. The molecule has 0 radical (unpaired) electrons. The Hall–Kier alpha value is -3.02. The monoisotopic (exact) mass is 305 g/mol. The average molecular weight is 305 g/mol. The molecule has 4 rings (SSSR count). The third-order valence-electron chi connectivity index (χ3n) is 3.99. The lowest BCUT2D eigenvalue weighted by atomic mass is 10.0. The molecule has 1 fully saturated rings. The van der Waals surface area contributed by atoms with E-state index in [0.29, 0.717) is 6.04 Å². The summed E-state index contributed by atoms with van der Waals surface area (Å²) in [6.07, 6.45) is 5.67. The summed E-state index contributed by atoms with van der Waals surface area (Å²) in [5.41, 5.74) is 8.27. The van der Waals surface area contributed by atoms with E-state index in [9.17, 15) is 4.79 Å². The highest BCUT2D eigenvalue weighted by Gasteiger charge is 2.26. The number of nitrogens with zero attached hydrogens (tertiary/aromatic N) is 4. The van der Waals surface area contributed by atoms with E-state index < -0.39 is 5.91 Å². The number of nitrogens with two attached hydrogens (primary N) is 1. The molecule has 0 spiro atoms. The lowest BCUT2D eigenvalue weighted by Gasteiger charge is -2.09. The Morgan fingerprint density at radius 3 is 2.78 bits per heavy atom. The maximum Gasteiger partial charge on any atom is 0.267 e. The van der Waals surface area contributed by atoms with E-state index in [4.69, 9.17) is 5.73 Å². The highest BCUT2D eigenvalue weighted by molar-refractivity contribution is 5.98. The molecule has 2 aromatic heterocycles. The van der Waals surface area contributed by atoms with E-state index in [1.807, 2.05) is 30.3 Å². The molecular formula is C17H15N5O. The average Bonchev–Trinajstić information content (AvgIpc) is 3.31.